The minimum Gasteiger partial charge on any atom is -0.356 e. The standard InChI is InChI=1S/C10H22N2O3S/c1-3-6-12-10(13)5-8-11-7-4-9-16(2,14)15/h11H,3-9H2,1-2H3,(H,12,13). The Morgan fingerprint density at radius 1 is 1.19 bits per heavy atom. The Morgan fingerprint density at radius 2 is 1.88 bits per heavy atom. The largest absolute Gasteiger partial charge is 0.356 e. The molecular weight excluding hydrogens is 228 g/mol. The maximum atomic E-state index is 11.1. The Hall–Kier alpha value is -0.620. The zero-order valence-electron chi connectivity index (χ0n) is 10.1. The van der Waals surface area contributed by atoms with Crippen molar-refractivity contribution < 1.29 is 13.2 Å². The summed E-state index contributed by atoms with van der Waals surface area (Å²) in [5.74, 6) is 0.236. The zero-order valence-corrected chi connectivity index (χ0v) is 10.9. The fourth-order valence-corrected chi connectivity index (χ4v) is 1.81. The Bertz CT molecular complexity index is 288. The molecule has 16 heavy (non-hydrogen) atoms. The molecule has 0 aliphatic carbocycles. The van der Waals surface area contributed by atoms with Gasteiger partial charge < -0.3 is 10.6 Å². The van der Waals surface area contributed by atoms with Gasteiger partial charge in [-0.1, -0.05) is 6.92 Å². The third-order valence-electron chi connectivity index (χ3n) is 1.97. The number of amides is 1. The van der Waals surface area contributed by atoms with Crippen LogP contribution in [0.1, 0.15) is 26.2 Å². The minimum atomic E-state index is -2.86. The van der Waals surface area contributed by atoms with Crippen molar-refractivity contribution in [3.05, 3.63) is 0 Å². The van der Waals surface area contributed by atoms with Crippen LogP contribution in [0.3, 0.4) is 0 Å². The molecule has 0 rings (SSSR count). The van der Waals surface area contributed by atoms with E-state index in [1.54, 1.807) is 0 Å². The van der Waals surface area contributed by atoms with Gasteiger partial charge in [-0.15, -0.1) is 0 Å². The number of rotatable bonds is 9. The molecule has 6 heteroatoms. The maximum absolute atomic E-state index is 11.1. The average Bonchev–Trinajstić information content (AvgIpc) is 2.18. The van der Waals surface area contributed by atoms with Crippen LogP contribution in [0.4, 0.5) is 0 Å². The first kappa shape index (κ1) is 15.4. The lowest BCUT2D eigenvalue weighted by Gasteiger charge is -2.05. The van der Waals surface area contributed by atoms with Crippen molar-refractivity contribution in [3.8, 4) is 0 Å². The molecule has 0 aromatic rings. The quantitative estimate of drug-likeness (QED) is 0.562. The van der Waals surface area contributed by atoms with E-state index in [1.807, 2.05) is 6.92 Å². The van der Waals surface area contributed by atoms with Gasteiger partial charge >= 0.3 is 0 Å². The second-order valence-electron chi connectivity index (χ2n) is 3.83. The van der Waals surface area contributed by atoms with Gasteiger partial charge in [-0.2, -0.15) is 0 Å². The van der Waals surface area contributed by atoms with Crippen LogP contribution in [-0.4, -0.2) is 46.0 Å². The lowest BCUT2D eigenvalue weighted by Crippen LogP contribution is -2.28. The summed E-state index contributed by atoms with van der Waals surface area (Å²) in [6.45, 7) is 3.95. The first-order valence-electron chi connectivity index (χ1n) is 5.61. The fraction of sp³-hybridized carbons (Fsp3) is 0.900. The molecule has 0 atom stereocenters. The predicted octanol–water partition coefficient (Wildman–Crippen LogP) is -0.0730. The normalized spacial score (nSPS) is 11.4. The monoisotopic (exact) mass is 250 g/mol. The summed E-state index contributed by atoms with van der Waals surface area (Å²) in [7, 11) is -2.86. The van der Waals surface area contributed by atoms with E-state index in [9.17, 15) is 13.2 Å². The summed E-state index contributed by atoms with van der Waals surface area (Å²) in [5, 5.41) is 5.81. The first-order chi connectivity index (χ1) is 7.45. The van der Waals surface area contributed by atoms with E-state index in [4.69, 9.17) is 0 Å². The molecule has 0 radical (unpaired) electrons. The molecule has 0 saturated heterocycles. The number of carbonyl (C=O) groups excluding carboxylic acids is 1. The molecule has 2 N–H and O–H groups in total. The Labute approximate surface area is 97.9 Å². The molecule has 0 aliphatic heterocycles. The highest BCUT2D eigenvalue weighted by Crippen LogP contribution is 1.87. The van der Waals surface area contributed by atoms with Gasteiger partial charge in [0.05, 0.1) is 5.75 Å². The van der Waals surface area contributed by atoms with E-state index in [1.165, 1.54) is 6.26 Å². The third-order valence-corrected chi connectivity index (χ3v) is 3.00. The van der Waals surface area contributed by atoms with Gasteiger partial charge in [-0.25, -0.2) is 8.42 Å². The van der Waals surface area contributed by atoms with Crippen molar-refractivity contribution in [1.29, 1.82) is 0 Å². The van der Waals surface area contributed by atoms with Crippen LogP contribution < -0.4 is 10.6 Å². The Kier molecular flexibility index (Phi) is 8.19. The number of hydrogen-bond donors (Lipinski definition) is 2. The number of hydrogen-bond acceptors (Lipinski definition) is 4. The first-order valence-corrected chi connectivity index (χ1v) is 7.67. The zero-order chi connectivity index (χ0) is 12.4. The lowest BCUT2D eigenvalue weighted by atomic mass is 10.3. The molecule has 0 heterocycles. The second kappa shape index (κ2) is 8.52. The molecule has 0 bridgehead atoms. The summed E-state index contributed by atoms with van der Waals surface area (Å²) in [6.07, 6.45) is 3.20. The lowest BCUT2D eigenvalue weighted by molar-refractivity contribution is -0.120. The van der Waals surface area contributed by atoms with E-state index in [-0.39, 0.29) is 11.7 Å². The van der Waals surface area contributed by atoms with Crippen LogP contribution in [0.15, 0.2) is 0 Å². The summed E-state index contributed by atoms with van der Waals surface area (Å²) in [4.78, 5) is 11.1. The van der Waals surface area contributed by atoms with E-state index in [0.717, 1.165) is 6.42 Å². The number of sulfone groups is 1. The molecule has 96 valence electrons. The average molecular weight is 250 g/mol. The number of carbonyl (C=O) groups is 1. The topological polar surface area (TPSA) is 75.3 Å². The minimum absolute atomic E-state index is 0.0393. The van der Waals surface area contributed by atoms with E-state index >= 15 is 0 Å². The van der Waals surface area contributed by atoms with Gasteiger partial charge in [0.1, 0.15) is 9.84 Å². The van der Waals surface area contributed by atoms with Gasteiger partial charge in [0, 0.05) is 25.8 Å². The number of nitrogens with one attached hydrogen (secondary N) is 2. The molecule has 0 aromatic heterocycles. The third kappa shape index (κ3) is 11.5. The van der Waals surface area contributed by atoms with Crippen LogP contribution in [0.5, 0.6) is 0 Å². The van der Waals surface area contributed by atoms with Crippen LogP contribution in [0.2, 0.25) is 0 Å². The van der Waals surface area contributed by atoms with Gasteiger partial charge in [0.2, 0.25) is 5.91 Å². The summed E-state index contributed by atoms with van der Waals surface area (Å²) in [6, 6.07) is 0. The van der Waals surface area contributed by atoms with Crippen molar-refractivity contribution in [2.75, 3.05) is 31.6 Å². The molecule has 0 fully saturated rings. The molecule has 1 amide bonds. The molecular formula is C10H22N2O3S. The van der Waals surface area contributed by atoms with Crippen LogP contribution >= 0.6 is 0 Å². The fourth-order valence-electron chi connectivity index (χ4n) is 1.14. The molecule has 5 nitrogen and oxygen atoms in total. The molecule has 0 saturated carbocycles. The van der Waals surface area contributed by atoms with Crippen molar-refractivity contribution in [2.24, 2.45) is 0 Å². The molecule has 0 aromatic carbocycles. The summed E-state index contributed by atoms with van der Waals surface area (Å²) in [5.41, 5.74) is 0. The van der Waals surface area contributed by atoms with E-state index < -0.39 is 9.84 Å². The van der Waals surface area contributed by atoms with Gasteiger partial charge in [0.15, 0.2) is 0 Å². The second-order valence-corrected chi connectivity index (χ2v) is 6.09. The van der Waals surface area contributed by atoms with Gasteiger partial charge in [0.25, 0.3) is 0 Å². The molecule has 0 unspecified atom stereocenters. The van der Waals surface area contributed by atoms with Gasteiger partial charge in [-0.3, -0.25) is 4.79 Å². The highest BCUT2D eigenvalue weighted by Gasteiger charge is 2.01. The Balaban J connectivity index is 3.30. The van der Waals surface area contributed by atoms with Crippen LogP contribution in [0, 0.1) is 0 Å². The van der Waals surface area contributed by atoms with E-state index in [0.29, 0.717) is 32.5 Å². The smallest absolute Gasteiger partial charge is 0.221 e. The SMILES string of the molecule is CCCNC(=O)CCNCCCS(C)(=O)=O. The van der Waals surface area contributed by atoms with Gasteiger partial charge in [-0.05, 0) is 19.4 Å². The van der Waals surface area contributed by atoms with Crippen LogP contribution in [-0.2, 0) is 14.6 Å². The summed E-state index contributed by atoms with van der Waals surface area (Å²) >= 11 is 0. The molecule has 0 aliphatic rings. The summed E-state index contributed by atoms with van der Waals surface area (Å²) < 4.78 is 21.6. The molecule has 0 spiro atoms. The Morgan fingerprint density at radius 3 is 2.44 bits per heavy atom. The van der Waals surface area contributed by atoms with Crippen molar-refractivity contribution in [2.45, 2.75) is 26.2 Å². The van der Waals surface area contributed by atoms with Crippen LogP contribution in [0.25, 0.3) is 0 Å². The maximum Gasteiger partial charge on any atom is 0.221 e. The van der Waals surface area contributed by atoms with Crippen molar-refractivity contribution in [1.82, 2.24) is 10.6 Å². The van der Waals surface area contributed by atoms with Crippen molar-refractivity contribution >= 4 is 15.7 Å². The van der Waals surface area contributed by atoms with E-state index in [2.05, 4.69) is 10.6 Å². The predicted molar refractivity (Wildman–Crippen MR) is 65.1 cm³/mol. The van der Waals surface area contributed by atoms with Crippen molar-refractivity contribution in [3.63, 3.8) is 0 Å². The highest BCUT2D eigenvalue weighted by molar-refractivity contribution is 7.90. The highest BCUT2D eigenvalue weighted by atomic mass is 32.2.